The number of aryl methyl sites for hydroxylation is 1. The molecule has 0 aliphatic heterocycles. The number of nitrogens with zero attached hydrogens (tertiary/aromatic N) is 1. The Bertz CT molecular complexity index is 292. The zero-order valence-electron chi connectivity index (χ0n) is 7.95. The molecule has 1 amide bonds. The average molecular weight is 178 g/mol. The molecule has 3 heteroatoms. The van der Waals surface area contributed by atoms with Crippen LogP contribution in [0, 0.1) is 6.92 Å². The second-order valence-electron chi connectivity index (χ2n) is 3.30. The number of nitrogens with two attached hydrogens (primary N) is 1. The van der Waals surface area contributed by atoms with Crippen molar-refractivity contribution in [1.29, 1.82) is 0 Å². The molecule has 1 aromatic heterocycles. The molecular formula is C10H14N2O. The summed E-state index contributed by atoms with van der Waals surface area (Å²) in [6, 6.07) is 3.92. The molecule has 1 atom stereocenters. The van der Waals surface area contributed by atoms with Gasteiger partial charge in [-0.2, -0.15) is 0 Å². The SMILES string of the molecule is Cc1ccc(C(C)CC(N)=O)cn1. The van der Waals surface area contributed by atoms with Gasteiger partial charge in [-0.05, 0) is 24.5 Å². The van der Waals surface area contributed by atoms with Crippen LogP contribution in [0.2, 0.25) is 0 Å². The summed E-state index contributed by atoms with van der Waals surface area (Å²) in [6.07, 6.45) is 2.17. The fourth-order valence-electron chi connectivity index (χ4n) is 1.19. The van der Waals surface area contributed by atoms with Crippen molar-refractivity contribution in [2.24, 2.45) is 5.73 Å². The third-order valence-electron chi connectivity index (χ3n) is 2.01. The Labute approximate surface area is 78.0 Å². The van der Waals surface area contributed by atoms with Gasteiger partial charge in [0.1, 0.15) is 0 Å². The Balaban J connectivity index is 2.71. The first-order valence-electron chi connectivity index (χ1n) is 4.30. The van der Waals surface area contributed by atoms with Crippen LogP contribution in [0.15, 0.2) is 18.3 Å². The fourth-order valence-corrected chi connectivity index (χ4v) is 1.19. The summed E-state index contributed by atoms with van der Waals surface area (Å²) >= 11 is 0. The van der Waals surface area contributed by atoms with E-state index < -0.39 is 0 Å². The van der Waals surface area contributed by atoms with E-state index in [1.165, 1.54) is 0 Å². The van der Waals surface area contributed by atoms with Crippen molar-refractivity contribution in [1.82, 2.24) is 4.98 Å². The first-order valence-corrected chi connectivity index (χ1v) is 4.30. The van der Waals surface area contributed by atoms with Crippen LogP contribution in [-0.2, 0) is 4.79 Å². The third kappa shape index (κ3) is 2.86. The lowest BCUT2D eigenvalue weighted by Crippen LogP contribution is -2.13. The summed E-state index contributed by atoms with van der Waals surface area (Å²) in [6.45, 7) is 3.90. The van der Waals surface area contributed by atoms with E-state index in [0.29, 0.717) is 6.42 Å². The van der Waals surface area contributed by atoms with Crippen LogP contribution in [0.3, 0.4) is 0 Å². The molecule has 0 aromatic carbocycles. The highest BCUT2D eigenvalue weighted by Gasteiger charge is 2.08. The highest BCUT2D eigenvalue weighted by Crippen LogP contribution is 2.17. The lowest BCUT2D eigenvalue weighted by Gasteiger charge is -2.08. The fraction of sp³-hybridized carbons (Fsp3) is 0.400. The summed E-state index contributed by atoms with van der Waals surface area (Å²) < 4.78 is 0. The molecule has 0 radical (unpaired) electrons. The largest absolute Gasteiger partial charge is 0.370 e. The van der Waals surface area contributed by atoms with Gasteiger partial charge in [0.15, 0.2) is 0 Å². The normalized spacial score (nSPS) is 12.5. The van der Waals surface area contributed by atoms with Crippen LogP contribution in [0.1, 0.15) is 30.5 Å². The maximum Gasteiger partial charge on any atom is 0.218 e. The molecule has 1 aromatic rings. The molecule has 0 saturated heterocycles. The molecule has 0 aliphatic carbocycles. The maximum atomic E-state index is 10.7. The molecule has 0 spiro atoms. The lowest BCUT2D eigenvalue weighted by molar-refractivity contribution is -0.118. The second-order valence-corrected chi connectivity index (χ2v) is 3.30. The van der Waals surface area contributed by atoms with Crippen molar-refractivity contribution in [3.05, 3.63) is 29.6 Å². The van der Waals surface area contributed by atoms with Gasteiger partial charge in [-0.1, -0.05) is 13.0 Å². The number of hydrogen-bond donors (Lipinski definition) is 1. The molecule has 70 valence electrons. The predicted molar refractivity (Wildman–Crippen MR) is 51.2 cm³/mol. The smallest absolute Gasteiger partial charge is 0.218 e. The number of carbonyl (C=O) groups excluding carboxylic acids is 1. The quantitative estimate of drug-likeness (QED) is 0.760. The van der Waals surface area contributed by atoms with E-state index >= 15 is 0 Å². The van der Waals surface area contributed by atoms with Gasteiger partial charge in [-0.3, -0.25) is 9.78 Å². The predicted octanol–water partition coefficient (Wildman–Crippen LogP) is 1.37. The Morgan fingerprint density at radius 2 is 2.31 bits per heavy atom. The lowest BCUT2D eigenvalue weighted by atomic mass is 9.99. The number of primary amides is 1. The van der Waals surface area contributed by atoms with Crippen molar-refractivity contribution in [2.45, 2.75) is 26.2 Å². The van der Waals surface area contributed by atoms with E-state index in [1.807, 2.05) is 26.0 Å². The van der Waals surface area contributed by atoms with E-state index in [9.17, 15) is 4.79 Å². The van der Waals surface area contributed by atoms with Crippen molar-refractivity contribution < 1.29 is 4.79 Å². The van der Waals surface area contributed by atoms with Crippen molar-refractivity contribution >= 4 is 5.91 Å². The van der Waals surface area contributed by atoms with E-state index in [4.69, 9.17) is 5.73 Å². The van der Waals surface area contributed by atoms with Crippen LogP contribution < -0.4 is 5.73 Å². The Hall–Kier alpha value is -1.38. The van der Waals surface area contributed by atoms with E-state index in [0.717, 1.165) is 11.3 Å². The van der Waals surface area contributed by atoms with Crippen LogP contribution in [-0.4, -0.2) is 10.9 Å². The van der Waals surface area contributed by atoms with Crippen LogP contribution in [0.25, 0.3) is 0 Å². The van der Waals surface area contributed by atoms with E-state index in [1.54, 1.807) is 6.20 Å². The number of hydrogen-bond acceptors (Lipinski definition) is 2. The van der Waals surface area contributed by atoms with Gasteiger partial charge in [-0.15, -0.1) is 0 Å². The number of rotatable bonds is 3. The Morgan fingerprint density at radius 3 is 2.77 bits per heavy atom. The molecule has 2 N–H and O–H groups in total. The molecular weight excluding hydrogens is 164 g/mol. The molecule has 0 aliphatic rings. The minimum atomic E-state index is -0.270. The highest BCUT2D eigenvalue weighted by atomic mass is 16.1. The standard InChI is InChI=1S/C10H14N2O/c1-7(5-10(11)13)9-4-3-8(2)12-6-9/h3-4,6-7H,5H2,1-2H3,(H2,11,13). The zero-order valence-corrected chi connectivity index (χ0v) is 7.95. The molecule has 3 nitrogen and oxygen atoms in total. The van der Waals surface area contributed by atoms with Gasteiger partial charge < -0.3 is 5.73 Å². The second kappa shape index (κ2) is 4.03. The van der Waals surface area contributed by atoms with E-state index in [-0.39, 0.29) is 11.8 Å². The van der Waals surface area contributed by atoms with Gasteiger partial charge in [0.05, 0.1) is 0 Å². The molecule has 13 heavy (non-hydrogen) atoms. The number of carbonyl (C=O) groups is 1. The van der Waals surface area contributed by atoms with Gasteiger partial charge in [0, 0.05) is 18.3 Å². The molecule has 0 bridgehead atoms. The molecule has 1 unspecified atom stereocenters. The molecule has 1 rings (SSSR count). The monoisotopic (exact) mass is 178 g/mol. The van der Waals surface area contributed by atoms with Gasteiger partial charge in [0.2, 0.25) is 5.91 Å². The molecule has 0 fully saturated rings. The number of pyridine rings is 1. The van der Waals surface area contributed by atoms with Gasteiger partial charge >= 0.3 is 0 Å². The highest BCUT2D eigenvalue weighted by molar-refractivity contribution is 5.74. The summed E-state index contributed by atoms with van der Waals surface area (Å²) in [5, 5.41) is 0. The summed E-state index contributed by atoms with van der Waals surface area (Å²) in [4.78, 5) is 14.8. The van der Waals surface area contributed by atoms with Crippen LogP contribution >= 0.6 is 0 Å². The summed E-state index contributed by atoms with van der Waals surface area (Å²) in [7, 11) is 0. The van der Waals surface area contributed by atoms with Gasteiger partial charge in [-0.25, -0.2) is 0 Å². The summed E-state index contributed by atoms with van der Waals surface area (Å²) in [5.41, 5.74) is 7.14. The minimum absolute atomic E-state index is 0.158. The van der Waals surface area contributed by atoms with Crippen LogP contribution in [0.4, 0.5) is 0 Å². The van der Waals surface area contributed by atoms with Gasteiger partial charge in [0.25, 0.3) is 0 Å². The maximum absolute atomic E-state index is 10.7. The average Bonchev–Trinajstić information content (AvgIpc) is 2.04. The topological polar surface area (TPSA) is 56.0 Å². The molecule has 1 heterocycles. The first-order chi connectivity index (χ1) is 6.09. The first kappa shape index (κ1) is 9.71. The Morgan fingerprint density at radius 1 is 1.62 bits per heavy atom. The van der Waals surface area contributed by atoms with E-state index in [2.05, 4.69) is 4.98 Å². The van der Waals surface area contributed by atoms with Crippen molar-refractivity contribution in [3.63, 3.8) is 0 Å². The minimum Gasteiger partial charge on any atom is -0.370 e. The zero-order chi connectivity index (χ0) is 9.84. The van der Waals surface area contributed by atoms with Crippen molar-refractivity contribution in [3.8, 4) is 0 Å². The molecule has 0 saturated carbocycles. The number of aromatic nitrogens is 1. The summed E-state index contributed by atoms with van der Waals surface area (Å²) in [5.74, 6) is -0.112. The van der Waals surface area contributed by atoms with Crippen LogP contribution in [0.5, 0.6) is 0 Å². The van der Waals surface area contributed by atoms with Crippen molar-refractivity contribution in [2.75, 3.05) is 0 Å². The third-order valence-corrected chi connectivity index (χ3v) is 2.01. The Kier molecular flexibility index (Phi) is 3.01. The number of amides is 1.